The van der Waals surface area contributed by atoms with Gasteiger partial charge in [0.1, 0.15) is 12.4 Å². The van der Waals surface area contributed by atoms with Crippen molar-refractivity contribution in [1.29, 1.82) is 0 Å². The Morgan fingerprint density at radius 1 is 0.800 bits per heavy atom. The van der Waals surface area contributed by atoms with Crippen LogP contribution in [0.4, 0.5) is 13.2 Å². The summed E-state index contributed by atoms with van der Waals surface area (Å²) in [6, 6.07) is 25.8. The molecule has 4 aromatic carbocycles. The number of benzene rings is 4. The third kappa shape index (κ3) is 5.03. The van der Waals surface area contributed by atoms with Crippen LogP contribution in [0.5, 0.6) is 5.75 Å². The van der Waals surface area contributed by atoms with Gasteiger partial charge in [-0.05, 0) is 76.8 Å². The summed E-state index contributed by atoms with van der Waals surface area (Å²) in [5, 5.41) is 3.41. The number of hydrogen-bond acceptors (Lipinski definition) is 2. The number of halogens is 3. The van der Waals surface area contributed by atoms with E-state index in [4.69, 9.17) is 10.5 Å². The third-order valence-electron chi connectivity index (χ3n) is 6.20. The van der Waals surface area contributed by atoms with E-state index in [9.17, 15) is 13.2 Å². The molecule has 0 saturated carbocycles. The maximum atomic E-state index is 12.9. The van der Waals surface area contributed by atoms with Crippen molar-refractivity contribution < 1.29 is 17.9 Å². The predicted octanol–water partition coefficient (Wildman–Crippen LogP) is 6.94. The first-order valence-electron chi connectivity index (χ1n) is 11.5. The first-order chi connectivity index (χ1) is 16.9. The highest BCUT2D eigenvalue weighted by Gasteiger charge is 2.29. The van der Waals surface area contributed by atoms with Crippen LogP contribution in [0.25, 0.3) is 21.7 Å². The van der Waals surface area contributed by atoms with E-state index in [1.54, 1.807) is 0 Å². The van der Waals surface area contributed by atoms with Crippen molar-refractivity contribution >= 4 is 21.7 Å². The molecule has 5 rings (SSSR count). The Labute approximate surface area is 201 Å². The summed E-state index contributed by atoms with van der Waals surface area (Å²) in [4.78, 5) is 0. The van der Waals surface area contributed by atoms with Crippen molar-refractivity contribution in [2.75, 3.05) is 6.54 Å². The van der Waals surface area contributed by atoms with Crippen LogP contribution in [0.2, 0.25) is 0 Å². The van der Waals surface area contributed by atoms with Gasteiger partial charge in [-0.25, -0.2) is 0 Å². The molecular weight excluding hydrogens is 449 g/mol. The second kappa shape index (κ2) is 9.47. The zero-order valence-electron chi connectivity index (χ0n) is 19.1. The molecule has 5 aromatic rings. The summed E-state index contributed by atoms with van der Waals surface area (Å²) in [5.74, 6) is 0.760. The molecule has 2 N–H and O–H groups in total. The molecule has 0 unspecified atom stereocenters. The van der Waals surface area contributed by atoms with Crippen LogP contribution in [0.3, 0.4) is 0 Å². The first-order valence-corrected chi connectivity index (χ1v) is 11.5. The lowest BCUT2D eigenvalue weighted by atomic mass is 10.1. The zero-order chi connectivity index (χ0) is 24.4. The van der Waals surface area contributed by atoms with Gasteiger partial charge < -0.3 is 15.0 Å². The van der Waals surface area contributed by atoms with E-state index in [0.29, 0.717) is 26.1 Å². The van der Waals surface area contributed by atoms with Crippen LogP contribution in [0.15, 0.2) is 91.1 Å². The van der Waals surface area contributed by atoms with E-state index < -0.39 is 11.7 Å². The van der Waals surface area contributed by atoms with E-state index in [-0.39, 0.29) is 0 Å². The van der Waals surface area contributed by atoms with Crippen molar-refractivity contribution in [2.45, 2.75) is 25.7 Å². The van der Waals surface area contributed by atoms with Crippen molar-refractivity contribution in [3.8, 4) is 5.75 Å². The second-order valence-corrected chi connectivity index (χ2v) is 8.66. The Balaban J connectivity index is 1.38. The van der Waals surface area contributed by atoms with Crippen molar-refractivity contribution in [3.63, 3.8) is 0 Å². The van der Waals surface area contributed by atoms with Gasteiger partial charge >= 0.3 is 6.18 Å². The third-order valence-corrected chi connectivity index (χ3v) is 6.20. The smallest absolute Gasteiger partial charge is 0.416 e. The Morgan fingerprint density at radius 2 is 1.54 bits per heavy atom. The van der Waals surface area contributed by atoms with E-state index >= 15 is 0 Å². The number of ether oxygens (including phenoxy) is 1. The highest BCUT2D eigenvalue weighted by atomic mass is 19.4. The number of hydrogen-bond donors (Lipinski definition) is 1. The molecule has 0 aliphatic rings. The van der Waals surface area contributed by atoms with E-state index in [1.807, 2.05) is 36.5 Å². The maximum Gasteiger partial charge on any atom is 0.416 e. The molecule has 1 aromatic heterocycles. The lowest BCUT2D eigenvalue weighted by molar-refractivity contribution is -0.137. The van der Waals surface area contributed by atoms with Crippen LogP contribution in [0.1, 0.15) is 22.3 Å². The number of alkyl halides is 3. The van der Waals surface area contributed by atoms with Gasteiger partial charge in [0.05, 0.1) is 5.56 Å². The predicted molar refractivity (Wildman–Crippen MR) is 134 cm³/mol. The fraction of sp³-hybridized carbons (Fsp3) is 0.172. The van der Waals surface area contributed by atoms with Crippen LogP contribution in [0, 0.1) is 0 Å². The normalized spacial score (nSPS) is 11.9. The van der Waals surface area contributed by atoms with Gasteiger partial charge in [-0.3, -0.25) is 0 Å². The number of fused-ring (bicyclic) bond motifs is 2. The Kier molecular flexibility index (Phi) is 6.22. The van der Waals surface area contributed by atoms with E-state index in [1.165, 1.54) is 22.9 Å². The molecule has 0 amide bonds. The molecule has 0 atom stereocenters. The fourth-order valence-corrected chi connectivity index (χ4v) is 4.42. The average molecular weight is 475 g/mol. The standard InChI is InChI=1S/C29H25F3N2O/c30-29(31,32)25-9-6-20(7-10-25)17-34-18-24(13-14-33)27-16-26(11-12-28(27)34)35-19-21-5-8-22-3-1-2-4-23(22)15-21/h1-12,15-16,18H,13-14,17,19,33H2. The van der Waals surface area contributed by atoms with E-state index in [0.717, 1.165) is 45.5 Å². The summed E-state index contributed by atoms with van der Waals surface area (Å²) in [5.41, 5.74) is 9.17. The van der Waals surface area contributed by atoms with Gasteiger partial charge in [-0.1, -0.05) is 48.5 Å². The summed E-state index contributed by atoms with van der Waals surface area (Å²) in [6.45, 7) is 1.42. The average Bonchev–Trinajstić information content (AvgIpc) is 3.19. The summed E-state index contributed by atoms with van der Waals surface area (Å²) < 4.78 is 46.8. The molecule has 3 nitrogen and oxygen atoms in total. The SMILES string of the molecule is NCCc1cn(Cc2ccc(C(F)(F)F)cc2)c2ccc(OCc3ccc4ccccc4c3)cc12. The van der Waals surface area contributed by atoms with Gasteiger partial charge in [0, 0.05) is 23.6 Å². The molecular formula is C29H25F3N2O. The summed E-state index contributed by atoms with van der Waals surface area (Å²) in [7, 11) is 0. The van der Waals surface area contributed by atoms with Crippen molar-refractivity contribution in [1.82, 2.24) is 4.57 Å². The minimum atomic E-state index is -4.34. The van der Waals surface area contributed by atoms with E-state index in [2.05, 4.69) is 34.9 Å². The lowest BCUT2D eigenvalue weighted by Gasteiger charge is -2.10. The second-order valence-electron chi connectivity index (χ2n) is 8.66. The minimum absolute atomic E-state index is 0.453. The Morgan fingerprint density at radius 3 is 2.29 bits per heavy atom. The highest BCUT2D eigenvalue weighted by molar-refractivity contribution is 5.86. The van der Waals surface area contributed by atoms with Gasteiger partial charge in [-0.2, -0.15) is 13.2 Å². The van der Waals surface area contributed by atoms with Gasteiger partial charge in [0.15, 0.2) is 0 Å². The molecule has 0 bridgehead atoms. The van der Waals surface area contributed by atoms with Crippen LogP contribution in [-0.2, 0) is 25.7 Å². The van der Waals surface area contributed by atoms with Crippen molar-refractivity contribution in [3.05, 3.63) is 113 Å². The summed E-state index contributed by atoms with van der Waals surface area (Å²) >= 11 is 0. The molecule has 6 heteroatoms. The quantitative estimate of drug-likeness (QED) is 0.278. The number of nitrogens with two attached hydrogens (primary N) is 1. The molecule has 0 spiro atoms. The molecule has 0 radical (unpaired) electrons. The van der Waals surface area contributed by atoms with Gasteiger partial charge in [0.2, 0.25) is 0 Å². The number of nitrogens with zero attached hydrogens (tertiary/aromatic N) is 1. The lowest BCUT2D eigenvalue weighted by Crippen LogP contribution is -2.05. The minimum Gasteiger partial charge on any atom is -0.489 e. The fourth-order valence-electron chi connectivity index (χ4n) is 4.42. The maximum absolute atomic E-state index is 12.9. The largest absolute Gasteiger partial charge is 0.489 e. The molecule has 0 aliphatic carbocycles. The molecule has 178 valence electrons. The van der Waals surface area contributed by atoms with Crippen LogP contribution < -0.4 is 10.5 Å². The van der Waals surface area contributed by atoms with Crippen LogP contribution >= 0.6 is 0 Å². The zero-order valence-corrected chi connectivity index (χ0v) is 19.1. The first kappa shape index (κ1) is 23.0. The molecule has 0 aliphatic heterocycles. The Bertz CT molecular complexity index is 1470. The van der Waals surface area contributed by atoms with Crippen molar-refractivity contribution in [2.24, 2.45) is 5.73 Å². The molecule has 1 heterocycles. The monoisotopic (exact) mass is 474 g/mol. The van der Waals surface area contributed by atoms with Crippen LogP contribution in [-0.4, -0.2) is 11.1 Å². The summed E-state index contributed by atoms with van der Waals surface area (Å²) in [6.07, 6.45) is -1.61. The molecule has 0 saturated heterocycles. The highest BCUT2D eigenvalue weighted by Crippen LogP contribution is 2.31. The number of rotatable bonds is 7. The topological polar surface area (TPSA) is 40.2 Å². The molecule has 35 heavy (non-hydrogen) atoms. The van der Waals surface area contributed by atoms with Gasteiger partial charge in [-0.15, -0.1) is 0 Å². The Hall–Kier alpha value is -3.77. The van der Waals surface area contributed by atoms with Gasteiger partial charge in [0.25, 0.3) is 0 Å². The molecule has 0 fully saturated rings. The number of aromatic nitrogens is 1.